The zero-order valence-electron chi connectivity index (χ0n) is 16.0. The summed E-state index contributed by atoms with van der Waals surface area (Å²) in [5.74, 6) is 0.723. The minimum Gasteiger partial charge on any atom is -0.378 e. The van der Waals surface area contributed by atoms with Crippen LogP contribution in [0.4, 0.5) is 0 Å². The highest BCUT2D eigenvalue weighted by atomic mass is 32.1. The van der Waals surface area contributed by atoms with Crippen molar-refractivity contribution in [2.75, 3.05) is 105 Å². The first kappa shape index (κ1) is 26.4. The molecular formula is C16H34N3O7S+. The molecule has 0 bridgehead atoms. The molecule has 0 aliphatic heterocycles. The molecule has 0 aromatic carbocycles. The van der Waals surface area contributed by atoms with E-state index in [1.807, 2.05) is 0 Å². The van der Waals surface area contributed by atoms with Gasteiger partial charge in [0.05, 0.1) is 92.5 Å². The summed E-state index contributed by atoms with van der Waals surface area (Å²) in [6.07, 6.45) is 0. The second kappa shape index (κ2) is 25.4. The number of hydrogen-bond acceptors (Lipinski definition) is 10. The van der Waals surface area contributed by atoms with Crippen molar-refractivity contribution in [1.82, 2.24) is 4.91 Å². The second-order valence-electron chi connectivity index (χ2n) is 4.98. The van der Waals surface area contributed by atoms with Crippen LogP contribution in [0.1, 0.15) is 0 Å². The number of ether oxygens (including phenoxy) is 7. The lowest BCUT2D eigenvalue weighted by Gasteiger charge is -2.08. The van der Waals surface area contributed by atoms with Gasteiger partial charge in [0.25, 0.3) is 0 Å². The van der Waals surface area contributed by atoms with Gasteiger partial charge in [-0.05, 0) is 0 Å². The molecule has 0 unspecified atom stereocenters. The summed E-state index contributed by atoms with van der Waals surface area (Å²) in [5, 5.41) is 3.47. The standard InChI is InChI=1S/C16H33N3O7S/c17-19-18-1-2-20-3-4-21-5-6-22-7-8-23-9-10-24-11-12-25-13-14-26-15-16-27/h17H,1-16H2/p+1. The van der Waals surface area contributed by atoms with Gasteiger partial charge in [-0.2, -0.15) is 12.6 Å². The number of nitrogens with zero attached hydrogens (tertiary/aromatic N) is 2. The van der Waals surface area contributed by atoms with E-state index in [-0.39, 0.29) is 0 Å². The maximum atomic E-state index is 6.47. The Morgan fingerprint density at radius 3 is 1.11 bits per heavy atom. The Kier molecular flexibility index (Phi) is 24.8. The Hall–Kier alpha value is -0.620. The molecule has 0 heterocycles. The highest BCUT2D eigenvalue weighted by molar-refractivity contribution is 7.80. The van der Waals surface area contributed by atoms with Gasteiger partial charge >= 0.3 is 0 Å². The van der Waals surface area contributed by atoms with Crippen LogP contribution in [0, 0.1) is 5.53 Å². The third-order valence-electron chi connectivity index (χ3n) is 2.87. The van der Waals surface area contributed by atoms with Crippen LogP contribution in [0.25, 0.3) is 0 Å². The first-order valence-corrected chi connectivity index (χ1v) is 9.73. The van der Waals surface area contributed by atoms with Crippen molar-refractivity contribution >= 4 is 12.6 Å². The minimum atomic E-state index is 0.401. The zero-order valence-corrected chi connectivity index (χ0v) is 16.9. The fourth-order valence-electron chi connectivity index (χ4n) is 1.64. The van der Waals surface area contributed by atoms with E-state index in [2.05, 4.69) is 22.7 Å². The first-order valence-electron chi connectivity index (χ1n) is 9.10. The molecule has 160 valence electrons. The summed E-state index contributed by atoms with van der Waals surface area (Å²) in [7, 11) is 0. The predicted octanol–water partition coefficient (Wildman–Crippen LogP) is 0.583. The lowest BCUT2D eigenvalue weighted by Crippen LogP contribution is -2.14. The summed E-state index contributed by atoms with van der Waals surface area (Å²) < 4.78 is 37.3. The van der Waals surface area contributed by atoms with Gasteiger partial charge < -0.3 is 33.2 Å². The topological polar surface area (TPSA) is 115 Å². The average Bonchev–Trinajstić information content (AvgIpc) is 2.68. The summed E-state index contributed by atoms with van der Waals surface area (Å²) >= 11 is 4.05. The largest absolute Gasteiger partial charge is 0.378 e. The lowest BCUT2D eigenvalue weighted by molar-refractivity contribution is -0.0198. The molecular weight excluding hydrogens is 378 g/mol. The Morgan fingerprint density at radius 2 is 0.815 bits per heavy atom. The van der Waals surface area contributed by atoms with Gasteiger partial charge in [0.1, 0.15) is 17.2 Å². The van der Waals surface area contributed by atoms with Gasteiger partial charge in [-0.1, -0.05) is 0 Å². The fourth-order valence-corrected chi connectivity index (χ4v) is 1.77. The predicted molar refractivity (Wildman–Crippen MR) is 102 cm³/mol. The normalized spacial score (nSPS) is 10.9. The molecule has 10 nitrogen and oxygen atoms in total. The van der Waals surface area contributed by atoms with Gasteiger partial charge in [-0.15, -0.1) is 0 Å². The first-order chi connectivity index (χ1) is 13.4. The van der Waals surface area contributed by atoms with E-state index in [1.54, 1.807) is 0 Å². The van der Waals surface area contributed by atoms with E-state index >= 15 is 0 Å². The maximum Gasteiger partial charge on any atom is 0.214 e. The van der Waals surface area contributed by atoms with Gasteiger partial charge in [0.15, 0.2) is 0 Å². The highest BCUT2D eigenvalue weighted by Crippen LogP contribution is 1.85. The smallest absolute Gasteiger partial charge is 0.214 e. The highest BCUT2D eigenvalue weighted by Gasteiger charge is 1.95. The average molecular weight is 413 g/mol. The van der Waals surface area contributed by atoms with Crippen LogP contribution < -0.4 is 4.91 Å². The monoisotopic (exact) mass is 412 g/mol. The number of thiol groups is 1. The summed E-state index contributed by atoms with van der Waals surface area (Å²) in [6.45, 7) is 7.88. The SMILES string of the molecule is N=[N+]=NCCOCCOCCOCCOCCOCCOCCOCCS. The Labute approximate surface area is 166 Å². The van der Waals surface area contributed by atoms with Crippen LogP contribution in [0.2, 0.25) is 0 Å². The molecule has 0 saturated carbocycles. The Bertz CT molecular complexity index is 337. The minimum absolute atomic E-state index is 0.401. The third kappa shape index (κ3) is 25.4. The van der Waals surface area contributed by atoms with Crippen LogP contribution in [-0.2, 0) is 33.2 Å². The summed E-state index contributed by atoms with van der Waals surface area (Å²) in [5.41, 5.74) is 6.47. The maximum absolute atomic E-state index is 6.47. The Morgan fingerprint density at radius 1 is 0.519 bits per heavy atom. The summed E-state index contributed by atoms with van der Waals surface area (Å²) in [6, 6.07) is 0. The van der Waals surface area contributed by atoms with Gasteiger partial charge in [0.2, 0.25) is 4.91 Å². The van der Waals surface area contributed by atoms with Crippen LogP contribution in [0.15, 0.2) is 5.11 Å². The van der Waals surface area contributed by atoms with Crippen molar-refractivity contribution < 1.29 is 33.2 Å². The van der Waals surface area contributed by atoms with Crippen molar-refractivity contribution in [3.63, 3.8) is 0 Å². The van der Waals surface area contributed by atoms with Crippen LogP contribution in [0.5, 0.6) is 0 Å². The van der Waals surface area contributed by atoms with E-state index in [4.69, 9.17) is 38.7 Å². The van der Waals surface area contributed by atoms with Crippen molar-refractivity contribution in [1.29, 1.82) is 5.53 Å². The molecule has 0 aliphatic carbocycles. The van der Waals surface area contributed by atoms with Crippen LogP contribution in [-0.4, -0.2) is 105 Å². The Balaban J connectivity index is 2.98. The number of hydrogen-bond donors (Lipinski definition) is 2. The molecule has 0 saturated heterocycles. The molecule has 0 fully saturated rings. The van der Waals surface area contributed by atoms with Gasteiger partial charge in [0, 0.05) is 5.75 Å². The zero-order chi connectivity index (χ0) is 19.7. The molecule has 0 atom stereocenters. The molecule has 0 aromatic heterocycles. The number of rotatable bonds is 23. The molecule has 0 radical (unpaired) electrons. The van der Waals surface area contributed by atoms with E-state index < -0.39 is 0 Å². The summed E-state index contributed by atoms with van der Waals surface area (Å²) in [4.78, 5) is 2.88. The molecule has 0 amide bonds. The fraction of sp³-hybridized carbons (Fsp3) is 1.00. The van der Waals surface area contributed by atoms with E-state index in [0.717, 1.165) is 5.75 Å². The lowest BCUT2D eigenvalue weighted by atomic mass is 10.6. The van der Waals surface area contributed by atoms with E-state index in [0.29, 0.717) is 99.0 Å². The van der Waals surface area contributed by atoms with Crippen LogP contribution >= 0.6 is 12.6 Å². The van der Waals surface area contributed by atoms with Crippen molar-refractivity contribution in [3.8, 4) is 0 Å². The van der Waals surface area contributed by atoms with E-state index in [9.17, 15) is 0 Å². The second-order valence-corrected chi connectivity index (χ2v) is 5.42. The van der Waals surface area contributed by atoms with E-state index in [1.165, 1.54) is 0 Å². The molecule has 0 aromatic rings. The molecule has 1 N–H and O–H groups in total. The quantitative estimate of drug-likeness (QED) is 0.109. The molecule has 0 aliphatic rings. The molecule has 27 heavy (non-hydrogen) atoms. The molecule has 11 heteroatoms. The van der Waals surface area contributed by atoms with Crippen LogP contribution in [0.3, 0.4) is 0 Å². The van der Waals surface area contributed by atoms with Gasteiger partial charge in [-0.25, -0.2) is 0 Å². The van der Waals surface area contributed by atoms with Crippen molar-refractivity contribution in [2.24, 2.45) is 5.11 Å². The number of nitrogens with one attached hydrogen (secondary N) is 1. The third-order valence-corrected chi connectivity index (χ3v) is 3.06. The molecule has 0 rings (SSSR count). The van der Waals surface area contributed by atoms with Crippen molar-refractivity contribution in [3.05, 3.63) is 0 Å². The molecule has 0 spiro atoms. The van der Waals surface area contributed by atoms with Gasteiger partial charge in [-0.3, -0.25) is 0 Å². The van der Waals surface area contributed by atoms with Crippen molar-refractivity contribution in [2.45, 2.75) is 0 Å².